The van der Waals surface area contributed by atoms with Crippen LogP contribution in [0, 0.1) is 0 Å². The van der Waals surface area contributed by atoms with Gasteiger partial charge in [0.15, 0.2) is 23.0 Å². The standard InChI is InChI=1S/C30H35N3O7S/c1-36-27-9-5-22(19-29(27)38-3)11-13-31-25-8-7-24(41(34,35)33-15-17-40-18-16-33)21-26(25)32-14-12-23-6-10-28(37-2)30(20-23)39-4/h5-14,19-21,31-32H,15-18H2,1-4H3/b13-11+,14-12+. The topological polar surface area (TPSA) is 108 Å². The second kappa shape index (κ2) is 13.9. The molecule has 0 saturated carbocycles. The first-order valence-corrected chi connectivity index (χ1v) is 14.4. The molecule has 2 N–H and O–H groups in total. The molecule has 41 heavy (non-hydrogen) atoms. The number of hydrogen-bond donors (Lipinski definition) is 2. The lowest BCUT2D eigenvalue weighted by molar-refractivity contribution is 0.0730. The van der Waals surface area contributed by atoms with Gasteiger partial charge >= 0.3 is 0 Å². The molecule has 1 aliphatic rings. The fourth-order valence-electron chi connectivity index (χ4n) is 4.23. The maximum Gasteiger partial charge on any atom is 0.243 e. The Labute approximate surface area is 241 Å². The monoisotopic (exact) mass is 581 g/mol. The molecule has 0 atom stereocenters. The largest absolute Gasteiger partial charge is 0.493 e. The Morgan fingerprint density at radius 2 is 1.20 bits per heavy atom. The van der Waals surface area contributed by atoms with Crippen molar-refractivity contribution in [3.05, 3.63) is 78.1 Å². The van der Waals surface area contributed by atoms with Crippen LogP contribution in [0.3, 0.4) is 0 Å². The maximum atomic E-state index is 13.3. The molecule has 218 valence electrons. The van der Waals surface area contributed by atoms with Gasteiger partial charge in [-0.05, 0) is 65.7 Å². The molecule has 10 nitrogen and oxygen atoms in total. The van der Waals surface area contributed by atoms with Crippen molar-refractivity contribution in [2.75, 3.05) is 65.4 Å². The summed E-state index contributed by atoms with van der Waals surface area (Å²) in [6, 6.07) is 16.1. The van der Waals surface area contributed by atoms with Crippen molar-refractivity contribution in [1.29, 1.82) is 0 Å². The summed E-state index contributed by atoms with van der Waals surface area (Å²) in [7, 11) is 2.66. The SMILES string of the molecule is COc1ccc(/C=C/Nc2ccc(S(=O)(=O)N3CCOCC3)cc2N/C=C/c2ccc(OC)c(OC)c2)cc1OC. The zero-order chi connectivity index (χ0) is 29.2. The Kier molecular flexibility index (Phi) is 10.1. The summed E-state index contributed by atoms with van der Waals surface area (Å²) in [4.78, 5) is 0.191. The lowest BCUT2D eigenvalue weighted by Gasteiger charge is -2.26. The third-order valence-corrected chi connectivity index (χ3v) is 8.34. The second-order valence-electron chi connectivity index (χ2n) is 8.91. The summed E-state index contributed by atoms with van der Waals surface area (Å²) in [5.41, 5.74) is 3.02. The molecule has 3 aromatic carbocycles. The van der Waals surface area contributed by atoms with Gasteiger partial charge in [-0.1, -0.05) is 12.1 Å². The highest BCUT2D eigenvalue weighted by Crippen LogP contribution is 2.31. The normalized spacial score (nSPS) is 14.2. The number of morpholine rings is 1. The molecule has 0 aromatic heterocycles. The number of benzene rings is 3. The van der Waals surface area contributed by atoms with Crippen molar-refractivity contribution in [1.82, 2.24) is 4.31 Å². The highest BCUT2D eigenvalue weighted by Gasteiger charge is 2.27. The van der Waals surface area contributed by atoms with E-state index in [4.69, 9.17) is 23.7 Å². The van der Waals surface area contributed by atoms with Crippen LogP contribution < -0.4 is 29.6 Å². The first kappa shape index (κ1) is 29.8. The molecule has 1 heterocycles. The van der Waals surface area contributed by atoms with Crippen molar-refractivity contribution in [2.24, 2.45) is 0 Å². The van der Waals surface area contributed by atoms with Crippen LogP contribution in [0.25, 0.3) is 12.2 Å². The molecule has 0 spiro atoms. The number of methoxy groups -OCH3 is 4. The minimum absolute atomic E-state index is 0.191. The smallest absolute Gasteiger partial charge is 0.243 e. The first-order valence-electron chi connectivity index (χ1n) is 12.9. The lowest BCUT2D eigenvalue weighted by Crippen LogP contribution is -2.40. The Bertz CT molecular complexity index is 1500. The molecule has 11 heteroatoms. The molecule has 0 unspecified atom stereocenters. The molecule has 0 aliphatic carbocycles. The number of ether oxygens (including phenoxy) is 5. The summed E-state index contributed by atoms with van der Waals surface area (Å²) in [6.45, 7) is 1.38. The third kappa shape index (κ3) is 7.31. The van der Waals surface area contributed by atoms with Gasteiger partial charge in [-0.3, -0.25) is 0 Å². The van der Waals surface area contributed by atoms with Crippen molar-refractivity contribution in [2.45, 2.75) is 4.90 Å². The van der Waals surface area contributed by atoms with E-state index < -0.39 is 10.0 Å². The number of nitrogens with one attached hydrogen (secondary N) is 2. The van der Waals surface area contributed by atoms with Crippen LogP contribution in [-0.4, -0.2) is 67.5 Å². The first-order chi connectivity index (χ1) is 19.9. The number of hydrogen-bond acceptors (Lipinski definition) is 9. The Morgan fingerprint density at radius 3 is 1.71 bits per heavy atom. The van der Waals surface area contributed by atoms with Gasteiger partial charge in [0, 0.05) is 25.5 Å². The molecule has 0 radical (unpaired) electrons. The molecule has 0 bridgehead atoms. The van der Waals surface area contributed by atoms with Crippen molar-refractivity contribution in [3.8, 4) is 23.0 Å². The Morgan fingerprint density at radius 1 is 0.683 bits per heavy atom. The average molecular weight is 582 g/mol. The van der Waals surface area contributed by atoms with E-state index in [-0.39, 0.29) is 4.90 Å². The van der Waals surface area contributed by atoms with E-state index in [1.807, 2.05) is 48.6 Å². The number of rotatable bonds is 12. The summed E-state index contributed by atoms with van der Waals surface area (Å²) < 4.78 is 54.8. The average Bonchev–Trinajstić information content (AvgIpc) is 3.01. The van der Waals surface area contributed by atoms with Gasteiger partial charge < -0.3 is 34.3 Å². The molecule has 1 aliphatic heterocycles. The van der Waals surface area contributed by atoms with Gasteiger partial charge in [0.1, 0.15) is 0 Å². The van der Waals surface area contributed by atoms with Crippen molar-refractivity contribution in [3.63, 3.8) is 0 Å². The zero-order valence-corrected chi connectivity index (χ0v) is 24.4. The van der Waals surface area contributed by atoms with Gasteiger partial charge in [-0.15, -0.1) is 0 Å². The molecule has 1 fully saturated rings. The van der Waals surface area contributed by atoms with E-state index >= 15 is 0 Å². The van der Waals surface area contributed by atoms with E-state index in [9.17, 15) is 8.42 Å². The minimum Gasteiger partial charge on any atom is -0.493 e. The van der Waals surface area contributed by atoms with Crippen LogP contribution >= 0.6 is 0 Å². The quantitative estimate of drug-likeness (QED) is 0.309. The zero-order valence-electron chi connectivity index (χ0n) is 23.5. The summed E-state index contributed by atoms with van der Waals surface area (Å²) in [5.74, 6) is 2.50. The molecule has 0 amide bonds. The van der Waals surface area contributed by atoms with E-state index in [1.165, 1.54) is 4.31 Å². The van der Waals surface area contributed by atoms with Crippen molar-refractivity contribution >= 4 is 33.6 Å². The van der Waals surface area contributed by atoms with E-state index in [0.717, 1.165) is 11.1 Å². The summed E-state index contributed by atoms with van der Waals surface area (Å²) in [5, 5.41) is 6.49. The van der Waals surface area contributed by atoms with Crippen molar-refractivity contribution < 1.29 is 32.1 Å². The molecular weight excluding hydrogens is 546 g/mol. The van der Waals surface area contributed by atoms with Gasteiger partial charge in [-0.2, -0.15) is 4.31 Å². The molecular formula is C30H35N3O7S. The van der Waals surface area contributed by atoms with E-state index in [2.05, 4.69) is 10.6 Å². The molecule has 1 saturated heterocycles. The number of sulfonamides is 1. The van der Waals surface area contributed by atoms with Crippen LogP contribution in [0.1, 0.15) is 11.1 Å². The molecule has 3 aromatic rings. The van der Waals surface area contributed by atoms with Crippen LogP contribution in [0.2, 0.25) is 0 Å². The van der Waals surface area contributed by atoms with Crippen LogP contribution in [0.4, 0.5) is 11.4 Å². The summed E-state index contributed by atoms with van der Waals surface area (Å²) in [6.07, 6.45) is 7.25. The predicted octanol–water partition coefficient (Wildman–Crippen LogP) is 4.91. The van der Waals surface area contributed by atoms with E-state index in [1.54, 1.807) is 59.0 Å². The van der Waals surface area contributed by atoms with Gasteiger partial charge in [0.2, 0.25) is 10.0 Å². The second-order valence-corrected chi connectivity index (χ2v) is 10.8. The van der Waals surface area contributed by atoms with Crippen LogP contribution in [0.15, 0.2) is 71.9 Å². The molecule has 4 rings (SSSR count). The third-order valence-electron chi connectivity index (χ3n) is 6.44. The lowest BCUT2D eigenvalue weighted by atomic mass is 10.2. The van der Waals surface area contributed by atoms with Gasteiger partial charge in [0.25, 0.3) is 0 Å². The minimum atomic E-state index is -3.69. The Hall–Kier alpha value is -4.19. The highest BCUT2D eigenvalue weighted by atomic mass is 32.2. The Balaban J connectivity index is 1.60. The predicted molar refractivity (Wildman–Crippen MR) is 160 cm³/mol. The maximum absolute atomic E-state index is 13.3. The van der Waals surface area contributed by atoms with Crippen LogP contribution in [0.5, 0.6) is 23.0 Å². The highest BCUT2D eigenvalue weighted by molar-refractivity contribution is 7.89. The van der Waals surface area contributed by atoms with Gasteiger partial charge in [-0.25, -0.2) is 8.42 Å². The number of nitrogens with zero attached hydrogens (tertiary/aromatic N) is 1. The fourth-order valence-corrected chi connectivity index (χ4v) is 5.67. The van der Waals surface area contributed by atoms with Gasteiger partial charge in [0.05, 0.1) is 57.9 Å². The summed E-state index contributed by atoms with van der Waals surface area (Å²) >= 11 is 0. The number of anilines is 2. The fraction of sp³-hybridized carbons (Fsp3) is 0.267. The van der Waals surface area contributed by atoms with E-state index in [0.29, 0.717) is 60.7 Å². The van der Waals surface area contributed by atoms with Crippen LogP contribution in [-0.2, 0) is 14.8 Å².